The van der Waals surface area contributed by atoms with Crippen LogP contribution in [0.5, 0.6) is 11.5 Å². The van der Waals surface area contributed by atoms with E-state index in [0.29, 0.717) is 35.4 Å². The number of ether oxygens (including phenoxy) is 2. The molecule has 0 unspecified atom stereocenters. The molecule has 4 heterocycles. The first-order chi connectivity index (χ1) is 13.1. The molecular weight excluding hydrogens is 366 g/mol. The highest BCUT2D eigenvalue weighted by atomic mass is 32.1. The Morgan fingerprint density at radius 2 is 2.00 bits per heavy atom. The number of pyridine rings is 1. The topological polar surface area (TPSA) is 91.2 Å². The van der Waals surface area contributed by atoms with Gasteiger partial charge in [-0.05, 0) is 13.0 Å². The molecule has 0 spiro atoms. The van der Waals surface area contributed by atoms with Crippen LogP contribution in [0.1, 0.15) is 16.1 Å². The van der Waals surface area contributed by atoms with Crippen molar-refractivity contribution in [3.8, 4) is 11.5 Å². The zero-order valence-corrected chi connectivity index (χ0v) is 15.5. The van der Waals surface area contributed by atoms with Crippen molar-refractivity contribution in [3.05, 3.63) is 35.7 Å². The van der Waals surface area contributed by atoms with E-state index in [9.17, 15) is 4.79 Å². The summed E-state index contributed by atoms with van der Waals surface area (Å²) < 4.78 is 13.8. The SMILES string of the molecule is Cc1nn(C)c2ncc(C(=O)Nc3nc4cc5c(cc4s3)OCCO5)cc12. The molecule has 1 aliphatic heterocycles. The molecule has 0 fully saturated rings. The molecule has 0 saturated carbocycles. The van der Waals surface area contributed by atoms with Gasteiger partial charge in [0.05, 0.1) is 21.5 Å². The third-order valence-corrected chi connectivity index (χ3v) is 5.33. The second kappa shape index (κ2) is 5.92. The number of rotatable bonds is 2. The number of fused-ring (bicyclic) bond motifs is 3. The lowest BCUT2D eigenvalue weighted by molar-refractivity contribution is 0.102. The van der Waals surface area contributed by atoms with Crippen LogP contribution in [0.15, 0.2) is 24.4 Å². The van der Waals surface area contributed by atoms with Gasteiger partial charge in [0.2, 0.25) is 0 Å². The van der Waals surface area contributed by atoms with Crippen LogP contribution in [0.2, 0.25) is 0 Å². The molecule has 0 atom stereocenters. The number of carbonyl (C=O) groups excluding carboxylic acids is 1. The number of amides is 1. The monoisotopic (exact) mass is 381 g/mol. The fourth-order valence-corrected chi connectivity index (χ4v) is 3.99. The minimum Gasteiger partial charge on any atom is -0.486 e. The van der Waals surface area contributed by atoms with Gasteiger partial charge in [-0.3, -0.25) is 14.8 Å². The van der Waals surface area contributed by atoms with Crippen molar-refractivity contribution in [3.63, 3.8) is 0 Å². The van der Waals surface area contributed by atoms with Crippen LogP contribution in [0.4, 0.5) is 5.13 Å². The minimum absolute atomic E-state index is 0.260. The predicted octanol–water partition coefficient (Wildman–Crippen LogP) is 2.91. The van der Waals surface area contributed by atoms with Crippen LogP contribution in [-0.4, -0.2) is 38.9 Å². The smallest absolute Gasteiger partial charge is 0.259 e. The molecule has 0 saturated heterocycles. The van der Waals surface area contributed by atoms with E-state index in [1.54, 1.807) is 16.9 Å². The average molecular weight is 381 g/mol. The van der Waals surface area contributed by atoms with Gasteiger partial charge in [-0.1, -0.05) is 11.3 Å². The van der Waals surface area contributed by atoms with E-state index >= 15 is 0 Å². The van der Waals surface area contributed by atoms with Gasteiger partial charge in [0.15, 0.2) is 22.3 Å². The largest absolute Gasteiger partial charge is 0.486 e. The van der Waals surface area contributed by atoms with Gasteiger partial charge < -0.3 is 9.47 Å². The van der Waals surface area contributed by atoms with E-state index in [4.69, 9.17) is 9.47 Å². The first-order valence-corrected chi connectivity index (χ1v) is 9.21. The van der Waals surface area contributed by atoms with Gasteiger partial charge in [-0.2, -0.15) is 5.10 Å². The molecule has 3 aromatic heterocycles. The van der Waals surface area contributed by atoms with E-state index in [1.165, 1.54) is 11.3 Å². The minimum atomic E-state index is -0.260. The van der Waals surface area contributed by atoms with Gasteiger partial charge in [0.1, 0.15) is 13.2 Å². The summed E-state index contributed by atoms with van der Waals surface area (Å²) in [6.07, 6.45) is 1.55. The lowest BCUT2D eigenvalue weighted by Gasteiger charge is -2.17. The van der Waals surface area contributed by atoms with Crippen molar-refractivity contribution in [1.29, 1.82) is 0 Å². The number of benzene rings is 1. The molecule has 8 nitrogen and oxygen atoms in total. The number of anilines is 1. The van der Waals surface area contributed by atoms with Gasteiger partial charge in [0.25, 0.3) is 5.91 Å². The predicted molar refractivity (Wildman–Crippen MR) is 102 cm³/mol. The Hall–Kier alpha value is -3.20. The Morgan fingerprint density at radius 3 is 2.81 bits per heavy atom. The highest BCUT2D eigenvalue weighted by Gasteiger charge is 2.17. The number of aryl methyl sites for hydroxylation is 2. The van der Waals surface area contributed by atoms with Crippen molar-refractivity contribution >= 4 is 43.6 Å². The summed E-state index contributed by atoms with van der Waals surface area (Å²) >= 11 is 1.39. The maximum atomic E-state index is 12.6. The van der Waals surface area contributed by atoms with Crippen LogP contribution >= 0.6 is 11.3 Å². The Morgan fingerprint density at radius 1 is 1.22 bits per heavy atom. The zero-order valence-electron chi connectivity index (χ0n) is 14.6. The highest BCUT2D eigenvalue weighted by Crippen LogP contribution is 2.37. The standard InChI is InChI=1S/C18H15N5O3S/c1-9-11-5-10(8-19-16(11)23(2)22-9)17(24)21-18-20-12-6-13-14(7-15(12)27-18)26-4-3-25-13/h5-8H,3-4H2,1-2H3,(H,20,21,24). The van der Waals surface area contributed by atoms with Crippen molar-refractivity contribution in [1.82, 2.24) is 19.7 Å². The molecule has 1 N–H and O–H groups in total. The van der Waals surface area contributed by atoms with Crippen LogP contribution in [0.3, 0.4) is 0 Å². The Bertz CT molecular complexity index is 1170. The lowest BCUT2D eigenvalue weighted by atomic mass is 10.2. The fraction of sp³-hybridized carbons (Fsp3) is 0.222. The van der Waals surface area contributed by atoms with Crippen LogP contribution in [0.25, 0.3) is 21.3 Å². The third kappa shape index (κ3) is 2.67. The van der Waals surface area contributed by atoms with Crippen molar-refractivity contribution in [2.24, 2.45) is 7.05 Å². The normalized spacial score (nSPS) is 13.3. The molecule has 136 valence electrons. The summed E-state index contributed by atoms with van der Waals surface area (Å²) in [5.41, 5.74) is 2.80. The first-order valence-electron chi connectivity index (χ1n) is 8.39. The number of thiazole rings is 1. The summed E-state index contributed by atoms with van der Waals surface area (Å²) in [4.78, 5) is 21.5. The molecule has 1 aromatic carbocycles. The fourth-order valence-electron chi connectivity index (χ4n) is 3.12. The van der Waals surface area contributed by atoms with E-state index in [0.717, 1.165) is 26.9 Å². The molecule has 5 rings (SSSR count). The van der Waals surface area contributed by atoms with Crippen LogP contribution in [-0.2, 0) is 7.05 Å². The summed E-state index contributed by atoms with van der Waals surface area (Å²) in [6.45, 7) is 2.95. The second-order valence-electron chi connectivity index (χ2n) is 6.24. The Balaban J connectivity index is 1.45. The number of hydrogen-bond acceptors (Lipinski definition) is 7. The molecular formula is C18H15N5O3S. The third-order valence-electron chi connectivity index (χ3n) is 4.40. The molecule has 1 aliphatic rings. The maximum Gasteiger partial charge on any atom is 0.259 e. The quantitative estimate of drug-likeness (QED) is 0.574. The summed E-state index contributed by atoms with van der Waals surface area (Å²) in [5, 5.41) is 8.55. The van der Waals surface area contributed by atoms with Gasteiger partial charge >= 0.3 is 0 Å². The molecule has 27 heavy (non-hydrogen) atoms. The molecule has 1 amide bonds. The number of hydrogen-bond donors (Lipinski definition) is 1. The Kier molecular flexibility index (Phi) is 3.51. The van der Waals surface area contributed by atoms with E-state index < -0.39 is 0 Å². The summed E-state index contributed by atoms with van der Waals surface area (Å²) in [5.74, 6) is 1.12. The highest BCUT2D eigenvalue weighted by molar-refractivity contribution is 7.22. The summed E-state index contributed by atoms with van der Waals surface area (Å²) in [6, 6.07) is 5.53. The number of carbonyl (C=O) groups is 1. The van der Waals surface area contributed by atoms with E-state index in [-0.39, 0.29) is 5.91 Å². The maximum absolute atomic E-state index is 12.6. The zero-order chi connectivity index (χ0) is 18.5. The Labute approximate surface area is 157 Å². The van der Waals surface area contributed by atoms with Gasteiger partial charge in [0, 0.05) is 30.8 Å². The van der Waals surface area contributed by atoms with Crippen molar-refractivity contribution in [2.45, 2.75) is 6.92 Å². The van der Waals surface area contributed by atoms with Crippen LogP contribution in [0, 0.1) is 6.92 Å². The van der Waals surface area contributed by atoms with Crippen molar-refractivity contribution in [2.75, 3.05) is 18.5 Å². The molecule has 0 radical (unpaired) electrons. The molecule has 9 heteroatoms. The van der Waals surface area contributed by atoms with Gasteiger partial charge in [-0.15, -0.1) is 0 Å². The first kappa shape index (κ1) is 16.0. The molecule has 4 aromatic rings. The van der Waals surface area contributed by atoms with Gasteiger partial charge in [-0.25, -0.2) is 9.97 Å². The van der Waals surface area contributed by atoms with E-state index in [2.05, 4.69) is 20.4 Å². The number of nitrogens with one attached hydrogen (secondary N) is 1. The molecule has 0 bridgehead atoms. The number of aromatic nitrogens is 4. The van der Waals surface area contributed by atoms with E-state index in [1.807, 2.05) is 26.1 Å². The lowest BCUT2D eigenvalue weighted by Crippen LogP contribution is -2.15. The summed E-state index contributed by atoms with van der Waals surface area (Å²) in [7, 11) is 1.83. The second-order valence-corrected chi connectivity index (χ2v) is 7.27. The number of nitrogens with zero attached hydrogens (tertiary/aromatic N) is 4. The van der Waals surface area contributed by atoms with Crippen molar-refractivity contribution < 1.29 is 14.3 Å². The molecule has 0 aliphatic carbocycles. The average Bonchev–Trinajstić information content (AvgIpc) is 3.18. The van der Waals surface area contributed by atoms with Crippen LogP contribution < -0.4 is 14.8 Å².